The van der Waals surface area contributed by atoms with Crippen LogP contribution < -0.4 is 20.1 Å². The number of rotatable bonds is 8. The Hall–Kier alpha value is -3.27. The molecule has 3 aliphatic heterocycles. The molecule has 6 rings (SSSR count). The molecule has 2 fully saturated rings. The molecule has 6 nitrogen and oxygen atoms in total. The van der Waals surface area contributed by atoms with Gasteiger partial charge in [0, 0.05) is 41.6 Å². The lowest BCUT2D eigenvalue weighted by molar-refractivity contribution is -0.137. The molecule has 10 heteroatoms. The second-order valence-corrected chi connectivity index (χ2v) is 13.5. The van der Waals surface area contributed by atoms with E-state index in [-0.39, 0.29) is 23.7 Å². The van der Waals surface area contributed by atoms with E-state index in [0.29, 0.717) is 34.2 Å². The van der Waals surface area contributed by atoms with E-state index in [1.807, 2.05) is 57.3 Å². The molecule has 3 atom stereocenters. The molecule has 0 aromatic heterocycles. The van der Waals surface area contributed by atoms with Gasteiger partial charge in [0.1, 0.15) is 23.2 Å². The molecule has 2 N–H and O–H groups in total. The Labute approximate surface area is 274 Å². The summed E-state index contributed by atoms with van der Waals surface area (Å²) < 4.78 is 49.6. The van der Waals surface area contributed by atoms with Crippen molar-refractivity contribution in [3.8, 4) is 11.5 Å². The highest BCUT2D eigenvalue weighted by molar-refractivity contribution is 6.31. The van der Waals surface area contributed by atoms with E-state index in [0.717, 1.165) is 55.5 Å². The molecule has 3 aliphatic rings. The quantitative estimate of drug-likeness (QED) is 0.258. The number of benzene rings is 3. The Morgan fingerprint density at radius 3 is 2.33 bits per heavy atom. The largest absolute Gasteiger partial charge is 0.486 e. The van der Waals surface area contributed by atoms with Gasteiger partial charge < -0.3 is 25.0 Å². The van der Waals surface area contributed by atoms with E-state index in [4.69, 9.17) is 21.1 Å². The third-order valence-corrected chi connectivity index (χ3v) is 9.31. The van der Waals surface area contributed by atoms with Crippen LogP contribution in [0.4, 0.5) is 13.2 Å². The fourth-order valence-corrected chi connectivity index (χ4v) is 7.00. The smallest absolute Gasteiger partial charge is 0.416 e. The van der Waals surface area contributed by atoms with Gasteiger partial charge in [-0.15, -0.1) is 0 Å². The van der Waals surface area contributed by atoms with E-state index in [2.05, 4.69) is 22.6 Å². The molecule has 3 heterocycles. The first-order valence-corrected chi connectivity index (χ1v) is 16.3. The summed E-state index contributed by atoms with van der Waals surface area (Å²) in [7, 11) is 4.06. The summed E-state index contributed by atoms with van der Waals surface area (Å²) in [6, 6.07) is 19.5. The highest BCUT2D eigenvalue weighted by atomic mass is 35.5. The fraction of sp³-hybridized carbons (Fsp3) is 0.472. The highest BCUT2D eigenvalue weighted by Crippen LogP contribution is 2.40. The van der Waals surface area contributed by atoms with Crippen LogP contribution in [0.3, 0.4) is 0 Å². The van der Waals surface area contributed by atoms with Gasteiger partial charge >= 0.3 is 6.18 Å². The molecule has 3 aromatic carbocycles. The minimum absolute atomic E-state index is 0.0552. The summed E-state index contributed by atoms with van der Waals surface area (Å²) in [5.74, 6) is 1.08. The number of hydrogen-bond acceptors (Lipinski definition) is 5. The van der Waals surface area contributed by atoms with Crippen molar-refractivity contribution in [2.75, 3.05) is 20.6 Å². The van der Waals surface area contributed by atoms with E-state index in [1.54, 1.807) is 6.07 Å². The summed E-state index contributed by atoms with van der Waals surface area (Å²) in [6.07, 6.45) is 1.54. The van der Waals surface area contributed by atoms with Crippen molar-refractivity contribution in [2.24, 2.45) is 0 Å². The van der Waals surface area contributed by atoms with Crippen molar-refractivity contribution in [3.05, 3.63) is 94.0 Å². The molecule has 3 aromatic rings. The Bertz CT molecular complexity index is 1470. The predicted molar refractivity (Wildman–Crippen MR) is 175 cm³/mol. The van der Waals surface area contributed by atoms with Crippen molar-refractivity contribution in [1.29, 1.82) is 0 Å². The van der Waals surface area contributed by atoms with Gasteiger partial charge in [-0.2, -0.15) is 13.2 Å². The van der Waals surface area contributed by atoms with E-state index < -0.39 is 11.7 Å². The molecule has 0 saturated carbocycles. The number of halogens is 4. The van der Waals surface area contributed by atoms with Crippen LogP contribution in [-0.4, -0.2) is 55.2 Å². The predicted octanol–water partition coefficient (Wildman–Crippen LogP) is 7.84. The molecule has 0 radical (unpaired) electrons. The molecule has 2 bridgehead atoms. The topological polar surface area (TPSA) is 62.8 Å². The van der Waals surface area contributed by atoms with Crippen LogP contribution in [0.2, 0.25) is 5.02 Å². The van der Waals surface area contributed by atoms with Gasteiger partial charge in [0.05, 0.1) is 11.1 Å². The summed E-state index contributed by atoms with van der Waals surface area (Å²) >= 11 is 6.24. The molecule has 1 amide bonds. The van der Waals surface area contributed by atoms with Gasteiger partial charge in [-0.3, -0.25) is 4.79 Å². The van der Waals surface area contributed by atoms with E-state index in [1.165, 1.54) is 25.0 Å². The lowest BCUT2D eigenvalue weighted by Gasteiger charge is -2.36. The zero-order chi connectivity index (χ0) is 33.1. The van der Waals surface area contributed by atoms with Crippen molar-refractivity contribution in [3.63, 3.8) is 0 Å². The number of nitrogens with zero attached hydrogens (tertiary/aromatic N) is 1. The maximum Gasteiger partial charge on any atom is 0.416 e. The van der Waals surface area contributed by atoms with Crippen LogP contribution in [0, 0.1) is 0 Å². The zero-order valence-electron chi connectivity index (χ0n) is 26.8. The van der Waals surface area contributed by atoms with Crippen LogP contribution in [0.15, 0.2) is 66.7 Å². The molecule has 248 valence electrons. The summed E-state index contributed by atoms with van der Waals surface area (Å²) in [5.41, 5.74) is 1.65. The first kappa shape index (κ1) is 34.1. The van der Waals surface area contributed by atoms with Gasteiger partial charge in [0.15, 0.2) is 0 Å². The lowest BCUT2D eigenvalue weighted by atomic mass is 9.97. The summed E-state index contributed by atoms with van der Waals surface area (Å²) in [6.45, 7) is 4.83. The molecule has 0 aliphatic carbocycles. The van der Waals surface area contributed by atoms with E-state index in [9.17, 15) is 18.0 Å². The third-order valence-electron chi connectivity index (χ3n) is 9.09. The van der Waals surface area contributed by atoms with Crippen molar-refractivity contribution >= 4 is 17.5 Å². The number of carbonyl (C=O) groups excluding carboxylic acids is 1. The first-order valence-electron chi connectivity index (χ1n) is 15.9. The molecule has 3 unspecified atom stereocenters. The van der Waals surface area contributed by atoms with Crippen molar-refractivity contribution < 1.29 is 27.4 Å². The average Bonchev–Trinajstić information content (AvgIpc) is 3.41. The van der Waals surface area contributed by atoms with Gasteiger partial charge in [0.25, 0.3) is 5.91 Å². The number of hydrogen-bond donors (Lipinski definition) is 2. The van der Waals surface area contributed by atoms with Gasteiger partial charge in [-0.1, -0.05) is 41.9 Å². The maximum absolute atomic E-state index is 12.9. The van der Waals surface area contributed by atoms with Crippen LogP contribution >= 0.6 is 11.6 Å². The lowest BCUT2D eigenvalue weighted by Crippen LogP contribution is -2.48. The van der Waals surface area contributed by atoms with E-state index >= 15 is 0 Å². The standard InChI is InChI=1S/C19H25ClN2O2.C17H18F3NO/c1-19(2)10-11-6-12(20)7-16(17(11)24-19)18(23)21-13-8-14-4-5-15(9-13)22(14)3;1-21-12-11-16(13-5-3-2-4-6-13)22-15-9-7-14(8-10-15)17(18,19)20/h6-7,13-15H,4-5,8-10H2,1-3H3,(H,21,23);2-10,16,21H,11-12H2,1H3. The SMILES string of the molecule is CN1C2CCC1CC(NC(=O)c1cc(Cl)cc3c1OC(C)(C)C3)C2.CNCCC(Oc1ccc(C(F)(F)F)cc1)c1ccccc1. The minimum Gasteiger partial charge on any atom is -0.486 e. The Kier molecular flexibility index (Phi) is 10.5. The van der Waals surface area contributed by atoms with Crippen LogP contribution in [0.5, 0.6) is 11.5 Å². The zero-order valence-corrected chi connectivity index (χ0v) is 27.5. The number of alkyl halides is 3. The van der Waals surface area contributed by atoms with Crippen LogP contribution in [0.25, 0.3) is 0 Å². The number of carbonyl (C=O) groups is 1. The first-order chi connectivity index (χ1) is 21.8. The Morgan fingerprint density at radius 1 is 1.07 bits per heavy atom. The second-order valence-electron chi connectivity index (χ2n) is 13.1. The number of amides is 1. The maximum atomic E-state index is 12.9. The highest BCUT2D eigenvalue weighted by Gasteiger charge is 2.40. The number of nitrogens with one attached hydrogen (secondary N) is 2. The molecular formula is C36H43ClF3N3O3. The number of ether oxygens (including phenoxy) is 2. The minimum atomic E-state index is -4.33. The summed E-state index contributed by atoms with van der Waals surface area (Å²) in [4.78, 5) is 15.4. The molecular weight excluding hydrogens is 615 g/mol. The summed E-state index contributed by atoms with van der Waals surface area (Å²) in [5, 5.41) is 6.89. The van der Waals surface area contributed by atoms with Gasteiger partial charge in [-0.05, 0) is 102 Å². The molecule has 2 saturated heterocycles. The normalized spacial score (nSPS) is 22.2. The van der Waals surface area contributed by atoms with Crippen LogP contribution in [0.1, 0.15) is 79.1 Å². The molecule has 0 spiro atoms. The Balaban J connectivity index is 0.000000182. The average molecular weight is 658 g/mol. The van der Waals surface area contributed by atoms with Crippen molar-refractivity contribution in [1.82, 2.24) is 15.5 Å². The fourth-order valence-electron chi connectivity index (χ4n) is 6.76. The number of fused-ring (bicyclic) bond motifs is 3. The van der Waals surface area contributed by atoms with Crippen LogP contribution in [-0.2, 0) is 12.6 Å². The molecule has 46 heavy (non-hydrogen) atoms. The van der Waals surface area contributed by atoms with Gasteiger partial charge in [0.2, 0.25) is 0 Å². The second kappa shape index (κ2) is 14.2. The monoisotopic (exact) mass is 657 g/mol. The van der Waals surface area contributed by atoms with Gasteiger partial charge in [-0.25, -0.2) is 0 Å². The third kappa shape index (κ3) is 8.35. The van der Waals surface area contributed by atoms with Crippen molar-refractivity contribution in [2.45, 2.75) is 88.4 Å². The Morgan fingerprint density at radius 2 is 1.72 bits per heavy atom. The number of piperidine rings is 1.